The number of fused-ring (bicyclic) bond motifs is 3. The van der Waals surface area contributed by atoms with Crippen LogP contribution in [0.15, 0.2) is 66.7 Å². The lowest BCUT2D eigenvalue weighted by Gasteiger charge is -2.21. The molecule has 3 aromatic carbocycles. The first-order valence-electron chi connectivity index (χ1n) is 8.45. The van der Waals surface area contributed by atoms with Gasteiger partial charge >= 0.3 is 0 Å². The van der Waals surface area contributed by atoms with Gasteiger partial charge in [0.25, 0.3) is 5.91 Å². The maximum atomic E-state index is 13.2. The van der Waals surface area contributed by atoms with Crippen LogP contribution in [-0.2, 0) is 0 Å². The van der Waals surface area contributed by atoms with Crippen molar-refractivity contribution in [1.29, 1.82) is 0 Å². The highest BCUT2D eigenvalue weighted by atomic mass is 19.1. The van der Waals surface area contributed by atoms with E-state index in [4.69, 9.17) is 0 Å². The van der Waals surface area contributed by atoms with E-state index in [9.17, 15) is 14.0 Å². The van der Waals surface area contributed by atoms with Crippen molar-refractivity contribution in [3.05, 3.63) is 89.2 Å². The minimum absolute atomic E-state index is 0.0601. The van der Waals surface area contributed by atoms with E-state index < -0.39 is 0 Å². The third-order valence-electron chi connectivity index (χ3n) is 4.67. The van der Waals surface area contributed by atoms with E-state index in [2.05, 4.69) is 0 Å². The number of ketones is 1. The first-order valence-corrected chi connectivity index (χ1v) is 8.45. The lowest BCUT2D eigenvalue weighted by molar-refractivity contribution is 0.0988. The van der Waals surface area contributed by atoms with E-state index in [0.29, 0.717) is 28.9 Å². The molecule has 0 aliphatic heterocycles. The molecule has 0 unspecified atom stereocenters. The monoisotopic (exact) mass is 345 g/mol. The molecule has 0 saturated carbocycles. The summed E-state index contributed by atoms with van der Waals surface area (Å²) in [5.74, 6) is -0.626. The zero-order valence-corrected chi connectivity index (χ0v) is 14.2. The van der Waals surface area contributed by atoms with Crippen LogP contribution in [0.1, 0.15) is 33.2 Å². The van der Waals surface area contributed by atoms with Crippen LogP contribution in [0.4, 0.5) is 10.1 Å². The highest BCUT2D eigenvalue weighted by Crippen LogP contribution is 2.37. The van der Waals surface area contributed by atoms with Gasteiger partial charge in [-0.2, -0.15) is 0 Å². The molecule has 1 amide bonds. The van der Waals surface area contributed by atoms with Crippen LogP contribution in [0.2, 0.25) is 0 Å². The van der Waals surface area contributed by atoms with Crippen molar-refractivity contribution in [2.24, 2.45) is 0 Å². The van der Waals surface area contributed by atoms with Crippen molar-refractivity contribution < 1.29 is 14.0 Å². The molecule has 26 heavy (non-hydrogen) atoms. The number of hydrogen-bond acceptors (Lipinski definition) is 2. The highest BCUT2D eigenvalue weighted by molar-refractivity contribution is 6.22. The second-order valence-corrected chi connectivity index (χ2v) is 6.16. The number of nitrogens with zero attached hydrogens (tertiary/aromatic N) is 1. The van der Waals surface area contributed by atoms with E-state index in [0.717, 1.165) is 11.1 Å². The molecule has 0 saturated heterocycles. The van der Waals surface area contributed by atoms with Gasteiger partial charge in [-0.05, 0) is 54.4 Å². The molecule has 1 aliphatic rings. The summed E-state index contributed by atoms with van der Waals surface area (Å²) >= 11 is 0. The molecular formula is C22H16FNO2. The summed E-state index contributed by atoms with van der Waals surface area (Å²) in [7, 11) is 0. The van der Waals surface area contributed by atoms with Crippen LogP contribution in [0.5, 0.6) is 0 Å². The maximum absolute atomic E-state index is 13.2. The van der Waals surface area contributed by atoms with Crippen LogP contribution in [0.25, 0.3) is 11.1 Å². The molecule has 0 bridgehead atoms. The number of rotatable bonds is 3. The summed E-state index contributed by atoms with van der Waals surface area (Å²) in [6.07, 6.45) is 0. The van der Waals surface area contributed by atoms with Crippen molar-refractivity contribution in [2.75, 3.05) is 11.4 Å². The number of halogens is 1. The topological polar surface area (TPSA) is 37.4 Å². The number of carbonyl (C=O) groups excluding carboxylic acids is 2. The van der Waals surface area contributed by atoms with Crippen LogP contribution in [-0.4, -0.2) is 18.2 Å². The van der Waals surface area contributed by atoms with Crippen LogP contribution in [0.3, 0.4) is 0 Å². The molecule has 0 atom stereocenters. The predicted molar refractivity (Wildman–Crippen MR) is 99.1 cm³/mol. The molecule has 0 spiro atoms. The van der Waals surface area contributed by atoms with Gasteiger partial charge in [-0.1, -0.05) is 30.3 Å². The second kappa shape index (κ2) is 6.23. The zero-order chi connectivity index (χ0) is 18.3. The summed E-state index contributed by atoms with van der Waals surface area (Å²) in [4.78, 5) is 27.2. The molecular weight excluding hydrogens is 329 g/mol. The van der Waals surface area contributed by atoms with Crippen LogP contribution >= 0.6 is 0 Å². The molecule has 4 heteroatoms. The third-order valence-corrected chi connectivity index (χ3v) is 4.67. The summed E-state index contributed by atoms with van der Waals surface area (Å²) in [5.41, 5.74) is 4.03. The number of amides is 1. The fourth-order valence-corrected chi connectivity index (χ4v) is 3.38. The molecule has 0 N–H and O–H groups in total. The fraction of sp³-hybridized carbons (Fsp3) is 0.0909. The summed E-state index contributed by atoms with van der Waals surface area (Å²) in [6, 6.07) is 18.5. The quantitative estimate of drug-likeness (QED) is 0.539. The number of anilines is 1. The molecule has 3 nitrogen and oxygen atoms in total. The van der Waals surface area contributed by atoms with Crippen molar-refractivity contribution in [3.8, 4) is 11.1 Å². The van der Waals surface area contributed by atoms with Gasteiger partial charge in [0, 0.05) is 28.9 Å². The van der Waals surface area contributed by atoms with Crippen molar-refractivity contribution >= 4 is 17.4 Å². The summed E-state index contributed by atoms with van der Waals surface area (Å²) in [5, 5.41) is 0. The number of benzene rings is 3. The van der Waals surface area contributed by atoms with Gasteiger partial charge in [0.15, 0.2) is 5.78 Å². The Labute approximate surface area is 150 Å². The molecule has 128 valence electrons. The molecule has 0 heterocycles. The minimum Gasteiger partial charge on any atom is -0.309 e. The maximum Gasteiger partial charge on any atom is 0.258 e. The second-order valence-electron chi connectivity index (χ2n) is 6.16. The fourth-order valence-electron chi connectivity index (χ4n) is 3.38. The lowest BCUT2D eigenvalue weighted by Crippen LogP contribution is -2.30. The van der Waals surface area contributed by atoms with E-state index >= 15 is 0 Å². The molecule has 0 fully saturated rings. The minimum atomic E-state index is -0.349. The molecule has 1 aliphatic carbocycles. The van der Waals surface area contributed by atoms with Gasteiger partial charge in [-0.25, -0.2) is 4.39 Å². The van der Waals surface area contributed by atoms with Crippen molar-refractivity contribution in [3.63, 3.8) is 0 Å². The Balaban J connectivity index is 1.72. The van der Waals surface area contributed by atoms with Crippen molar-refractivity contribution in [1.82, 2.24) is 0 Å². The van der Waals surface area contributed by atoms with Gasteiger partial charge in [0.1, 0.15) is 5.82 Å². The van der Waals surface area contributed by atoms with E-state index in [-0.39, 0.29) is 17.5 Å². The third kappa shape index (κ3) is 2.51. The average molecular weight is 345 g/mol. The van der Waals surface area contributed by atoms with E-state index in [1.54, 1.807) is 35.2 Å². The number of carbonyl (C=O) groups is 2. The van der Waals surface area contributed by atoms with Crippen LogP contribution in [0, 0.1) is 5.82 Å². The van der Waals surface area contributed by atoms with Gasteiger partial charge in [0.2, 0.25) is 0 Å². The Bertz CT molecular complexity index is 1020. The Morgan fingerprint density at radius 3 is 2.23 bits per heavy atom. The Morgan fingerprint density at radius 1 is 0.885 bits per heavy atom. The van der Waals surface area contributed by atoms with Gasteiger partial charge < -0.3 is 4.90 Å². The molecule has 0 aromatic heterocycles. The van der Waals surface area contributed by atoms with Gasteiger partial charge in [-0.15, -0.1) is 0 Å². The average Bonchev–Trinajstić information content (AvgIpc) is 2.96. The van der Waals surface area contributed by atoms with Crippen LogP contribution < -0.4 is 4.90 Å². The molecule has 4 rings (SSSR count). The first kappa shape index (κ1) is 16.2. The Hall–Kier alpha value is -3.27. The van der Waals surface area contributed by atoms with E-state index in [1.807, 2.05) is 31.2 Å². The van der Waals surface area contributed by atoms with E-state index in [1.165, 1.54) is 12.1 Å². The predicted octanol–water partition coefficient (Wildman–Crippen LogP) is 4.70. The molecule has 0 radical (unpaired) electrons. The van der Waals surface area contributed by atoms with Gasteiger partial charge in [-0.3, -0.25) is 9.59 Å². The first-order chi connectivity index (χ1) is 12.6. The summed E-state index contributed by atoms with van der Waals surface area (Å²) < 4.78 is 13.2. The normalized spacial score (nSPS) is 11.8. The highest BCUT2D eigenvalue weighted by Gasteiger charge is 2.28. The van der Waals surface area contributed by atoms with Crippen molar-refractivity contribution in [2.45, 2.75) is 6.92 Å². The lowest BCUT2D eigenvalue weighted by atomic mass is 10.0. The molecule has 3 aromatic rings. The van der Waals surface area contributed by atoms with Gasteiger partial charge in [0.05, 0.1) is 0 Å². The Morgan fingerprint density at radius 2 is 1.54 bits per heavy atom. The Kier molecular flexibility index (Phi) is 3.88. The SMILES string of the molecule is CCN(C(=O)c1ccc2c(c1)C(=O)c1ccccc1-2)c1ccc(F)cc1. The number of hydrogen-bond donors (Lipinski definition) is 0. The standard InChI is InChI=1S/C22H16FNO2/c1-2-24(16-10-8-15(23)9-11-16)22(26)14-7-12-18-17-5-3-4-6-19(17)21(25)20(18)13-14/h3-13H,2H2,1H3. The summed E-state index contributed by atoms with van der Waals surface area (Å²) in [6.45, 7) is 2.30. The smallest absolute Gasteiger partial charge is 0.258 e. The zero-order valence-electron chi connectivity index (χ0n) is 14.2. The largest absolute Gasteiger partial charge is 0.309 e.